The van der Waals surface area contributed by atoms with Gasteiger partial charge in [0.2, 0.25) is 0 Å². The van der Waals surface area contributed by atoms with Crippen LogP contribution in [0.15, 0.2) is 36.4 Å². The van der Waals surface area contributed by atoms with Crippen molar-refractivity contribution in [2.24, 2.45) is 0 Å². The van der Waals surface area contributed by atoms with Gasteiger partial charge in [0.15, 0.2) is 0 Å². The van der Waals surface area contributed by atoms with Crippen molar-refractivity contribution in [3.05, 3.63) is 58.9 Å². The number of nitrogens with zero attached hydrogens (tertiary/aromatic N) is 1. The summed E-state index contributed by atoms with van der Waals surface area (Å²) in [6, 6.07) is 9.58. The minimum absolute atomic E-state index is 0.118. The van der Waals surface area contributed by atoms with Gasteiger partial charge in [-0.3, -0.25) is 0 Å². The molecule has 6 nitrogen and oxygen atoms in total. The minimum atomic E-state index is -0.938. The Morgan fingerprint density at radius 1 is 1.16 bits per heavy atom. The van der Waals surface area contributed by atoms with Crippen LogP contribution in [0.2, 0.25) is 0 Å². The molecule has 0 unspecified atom stereocenters. The molecule has 3 amide bonds. The van der Waals surface area contributed by atoms with E-state index < -0.39 is 17.9 Å². The summed E-state index contributed by atoms with van der Waals surface area (Å²) in [6.07, 6.45) is -0.349. The number of nitrogens with one attached hydrogen (secondary N) is 2. The maximum atomic E-state index is 13.9. The third-order valence-corrected chi connectivity index (χ3v) is 4.19. The summed E-state index contributed by atoms with van der Waals surface area (Å²) in [4.78, 5) is 24.5. The maximum absolute atomic E-state index is 13.9. The fourth-order valence-corrected chi connectivity index (χ4v) is 2.82. The number of hydrogen-bond acceptors (Lipinski definition) is 2. The SMILES string of the molecule is Cc1cccc(NC(=O)Nc2ccc3c(c2)CCN(C(=O)O)C3)c1F. The lowest BCUT2D eigenvalue weighted by Gasteiger charge is -2.26. The highest BCUT2D eigenvalue weighted by Gasteiger charge is 2.20. The number of fused-ring (bicyclic) bond motifs is 1. The first-order valence-electron chi connectivity index (χ1n) is 7.87. The van der Waals surface area contributed by atoms with Gasteiger partial charge in [-0.1, -0.05) is 18.2 Å². The van der Waals surface area contributed by atoms with Crippen LogP contribution in [0, 0.1) is 12.7 Å². The van der Waals surface area contributed by atoms with E-state index in [4.69, 9.17) is 5.11 Å². The number of urea groups is 1. The molecule has 130 valence electrons. The Bertz CT molecular complexity index is 838. The molecule has 1 heterocycles. The van der Waals surface area contributed by atoms with E-state index >= 15 is 0 Å². The quantitative estimate of drug-likeness (QED) is 0.775. The number of anilines is 2. The monoisotopic (exact) mass is 343 g/mol. The molecule has 1 aliphatic heterocycles. The first-order chi connectivity index (χ1) is 11.9. The number of amides is 3. The first-order valence-corrected chi connectivity index (χ1v) is 7.87. The lowest BCUT2D eigenvalue weighted by atomic mass is 9.99. The van der Waals surface area contributed by atoms with Gasteiger partial charge in [-0.05, 0) is 48.2 Å². The van der Waals surface area contributed by atoms with E-state index in [1.807, 2.05) is 6.07 Å². The summed E-state index contributed by atoms with van der Waals surface area (Å²) in [5.74, 6) is -0.461. The van der Waals surface area contributed by atoms with Crippen molar-refractivity contribution < 1.29 is 19.1 Å². The molecule has 0 atom stereocenters. The first kappa shape index (κ1) is 16.8. The smallest absolute Gasteiger partial charge is 0.407 e. The third-order valence-electron chi connectivity index (χ3n) is 4.19. The van der Waals surface area contributed by atoms with Crippen LogP contribution in [0.1, 0.15) is 16.7 Å². The summed E-state index contributed by atoms with van der Waals surface area (Å²) in [5, 5.41) is 14.2. The molecule has 0 aliphatic carbocycles. The second-order valence-corrected chi connectivity index (χ2v) is 5.95. The van der Waals surface area contributed by atoms with E-state index in [2.05, 4.69) is 10.6 Å². The van der Waals surface area contributed by atoms with Crippen molar-refractivity contribution in [3.63, 3.8) is 0 Å². The van der Waals surface area contributed by atoms with Gasteiger partial charge < -0.3 is 20.6 Å². The lowest BCUT2D eigenvalue weighted by Crippen LogP contribution is -2.34. The van der Waals surface area contributed by atoms with Gasteiger partial charge in [0.05, 0.1) is 5.69 Å². The molecule has 0 bridgehead atoms. The van der Waals surface area contributed by atoms with Crippen LogP contribution < -0.4 is 10.6 Å². The molecule has 0 fully saturated rings. The number of carbonyl (C=O) groups excluding carboxylic acids is 1. The molecular formula is C18H18FN3O3. The lowest BCUT2D eigenvalue weighted by molar-refractivity contribution is 0.140. The standard InChI is InChI=1S/C18H18FN3O3/c1-11-3-2-4-15(16(11)19)21-17(23)20-14-6-5-13-10-22(18(24)25)8-7-12(13)9-14/h2-6,9H,7-8,10H2,1H3,(H,24,25)(H2,20,21,23). The number of aryl methyl sites for hydroxylation is 1. The number of halogens is 1. The Morgan fingerprint density at radius 2 is 1.96 bits per heavy atom. The van der Waals surface area contributed by atoms with Crippen LogP contribution in [0.25, 0.3) is 0 Å². The van der Waals surface area contributed by atoms with Crippen molar-refractivity contribution in [2.75, 3.05) is 17.2 Å². The molecule has 0 radical (unpaired) electrons. The van der Waals surface area contributed by atoms with Crippen LogP contribution in [-0.4, -0.2) is 28.7 Å². The second kappa shape index (κ2) is 6.80. The Balaban J connectivity index is 1.68. The zero-order chi connectivity index (χ0) is 18.0. The summed E-state index contributed by atoms with van der Waals surface area (Å²) in [7, 11) is 0. The summed E-state index contributed by atoms with van der Waals surface area (Å²) >= 11 is 0. The van der Waals surface area contributed by atoms with Gasteiger partial charge in [0, 0.05) is 18.8 Å². The second-order valence-electron chi connectivity index (χ2n) is 5.95. The van der Waals surface area contributed by atoms with E-state index in [0.29, 0.717) is 30.8 Å². The number of hydrogen-bond donors (Lipinski definition) is 3. The topological polar surface area (TPSA) is 81.7 Å². The maximum Gasteiger partial charge on any atom is 0.407 e. The zero-order valence-corrected chi connectivity index (χ0v) is 13.7. The molecule has 3 rings (SSSR count). The Morgan fingerprint density at radius 3 is 2.72 bits per heavy atom. The normalized spacial score (nSPS) is 13.1. The van der Waals surface area contributed by atoms with E-state index in [-0.39, 0.29) is 5.69 Å². The molecule has 0 aromatic heterocycles. The van der Waals surface area contributed by atoms with Crippen molar-refractivity contribution >= 4 is 23.5 Å². The van der Waals surface area contributed by atoms with Gasteiger partial charge in [-0.2, -0.15) is 0 Å². The largest absolute Gasteiger partial charge is 0.465 e. The fraction of sp³-hybridized carbons (Fsp3) is 0.222. The third kappa shape index (κ3) is 3.71. The molecule has 3 N–H and O–H groups in total. The predicted molar refractivity (Wildman–Crippen MR) is 92.4 cm³/mol. The minimum Gasteiger partial charge on any atom is -0.465 e. The Labute approximate surface area is 144 Å². The van der Waals surface area contributed by atoms with Gasteiger partial charge in [0.25, 0.3) is 0 Å². The number of rotatable bonds is 2. The van der Waals surface area contributed by atoms with Crippen LogP contribution >= 0.6 is 0 Å². The van der Waals surface area contributed by atoms with Crippen LogP contribution in [-0.2, 0) is 13.0 Å². The molecule has 0 spiro atoms. The molecule has 2 aromatic rings. The molecule has 0 saturated heterocycles. The van der Waals surface area contributed by atoms with Crippen molar-refractivity contribution in [1.29, 1.82) is 0 Å². The highest BCUT2D eigenvalue weighted by Crippen LogP contribution is 2.23. The molecule has 7 heteroatoms. The highest BCUT2D eigenvalue weighted by atomic mass is 19.1. The van der Waals surface area contributed by atoms with E-state index in [1.54, 1.807) is 31.2 Å². The number of carbonyl (C=O) groups is 2. The van der Waals surface area contributed by atoms with Gasteiger partial charge in [0.1, 0.15) is 5.82 Å². The molecule has 2 aromatic carbocycles. The zero-order valence-electron chi connectivity index (χ0n) is 13.7. The van der Waals surface area contributed by atoms with Gasteiger partial charge in [-0.15, -0.1) is 0 Å². The summed E-state index contributed by atoms with van der Waals surface area (Å²) in [6.45, 7) is 2.39. The Hall–Kier alpha value is -3.09. The van der Waals surface area contributed by atoms with Gasteiger partial charge in [-0.25, -0.2) is 14.0 Å². The van der Waals surface area contributed by atoms with E-state index in [0.717, 1.165) is 11.1 Å². The fourth-order valence-electron chi connectivity index (χ4n) is 2.82. The summed E-state index contributed by atoms with van der Waals surface area (Å²) < 4.78 is 13.9. The number of benzene rings is 2. The molecular weight excluding hydrogens is 325 g/mol. The van der Waals surface area contributed by atoms with Crippen molar-refractivity contribution in [2.45, 2.75) is 19.9 Å². The average molecular weight is 343 g/mol. The highest BCUT2D eigenvalue weighted by molar-refractivity contribution is 6.00. The molecule has 0 saturated carbocycles. The molecule has 25 heavy (non-hydrogen) atoms. The van der Waals surface area contributed by atoms with Crippen LogP contribution in [0.3, 0.4) is 0 Å². The van der Waals surface area contributed by atoms with Crippen LogP contribution in [0.5, 0.6) is 0 Å². The van der Waals surface area contributed by atoms with Crippen molar-refractivity contribution in [3.8, 4) is 0 Å². The molecule has 1 aliphatic rings. The summed E-state index contributed by atoms with van der Waals surface area (Å²) in [5.41, 5.74) is 3.07. The predicted octanol–water partition coefficient (Wildman–Crippen LogP) is 3.81. The van der Waals surface area contributed by atoms with E-state index in [9.17, 15) is 14.0 Å². The van der Waals surface area contributed by atoms with E-state index in [1.165, 1.54) is 11.0 Å². The van der Waals surface area contributed by atoms with Crippen molar-refractivity contribution in [1.82, 2.24) is 4.90 Å². The number of carboxylic acid groups (broad SMARTS) is 1. The van der Waals surface area contributed by atoms with Crippen LogP contribution in [0.4, 0.5) is 25.4 Å². The average Bonchev–Trinajstić information content (AvgIpc) is 2.58. The van der Waals surface area contributed by atoms with Gasteiger partial charge >= 0.3 is 12.1 Å². The Kier molecular flexibility index (Phi) is 4.56.